The van der Waals surface area contributed by atoms with Gasteiger partial charge in [-0.1, -0.05) is 29.5 Å². The first-order chi connectivity index (χ1) is 15.6. The topological polar surface area (TPSA) is 146 Å². The summed E-state index contributed by atoms with van der Waals surface area (Å²) in [5.41, 5.74) is 10.1. The summed E-state index contributed by atoms with van der Waals surface area (Å²) in [6.07, 6.45) is 3.54. The monoisotopic (exact) mass is 450 g/mol. The van der Waals surface area contributed by atoms with Crippen LogP contribution >= 0.6 is 11.8 Å². The van der Waals surface area contributed by atoms with Gasteiger partial charge in [0, 0.05) is 10.5 Å². The van der Waals surface area contributed by atoms with E-state index in [1.165, 1.54) is 10.9 Å². The molecule has 4 aromatic rings. The molecule has 0 aliphatic rings. The summed E-state index contributed by atoms with van der Waals surface area (Å²) in [5, 5.41) is 19.4. The van der Waals surface area contributed by atoms with Crippen LogP contribution in [0, 0.1) is 0 Å². The number of methoxy groups -OCH3 is 1. The number of benzene rings is 2. The molecule has 0 spiro atoms. The van der Waals surface area contributed by atoms with Crippen LogP contribution in [-0.2, 0) is 0 Å². The van der Waals surface area contributed by atoms with Gasteiger partial charge in [0.1, 0.15) is 11.4 Å². The van der Waals surface area contributed by atoms with Crippen molar-refractivity contribution < 1.29 is 14.2 Å². The van der Waals surface area contributed by atoms with Crippen LogP contribution in [0.25, 0.3) is 17.1 Å². The second kappa shape index (κ2) is 9.31. The highest BCUT2D eigenvalue weighted by Gasteiger charge is 2.25. The summed E-state index contributed by atoms with van der Waals surface area (Å²) in [6, 6.07) is 14.8. The van der Waals surface area contributed by atoms with Gasteiger partial charge in [-0.3, -0.25) is 4.79 Å². The Morgan fingerprint density at radius 1 is 1.25 bits per heavy atom. The van der Waals surface area contributed by atoms with Crippen molar-refractivity contribution in [3.63, 3.8) is 0 Å². The summed E-state index contributed by atoms with van der Waals surface area (Å²) in [6.45, 7) is 0. The predicted octanol–water partition coefficient (Wildman–Crippen LogP) is 2.39. The fraction of sp³-hybridized carbons (Fsp3) is 0.100. The first-order valence-electron chi connectivity index (χ1n) is 9.26. The number of thioether (sulfide) groups is 1. The Morgan fingerprint density at radius 3 is 2.75 bits per heavy atom. The molecule has 0 unspecified atom stereocenters. The van der Waals surface area contributed by atoms with E-state index in [1.807, 2.05) is 30.5 Å². The number of nitrogens with one attached hydrogen (secondary N) is 1. The Kier molecular flexibility index (Phi) is 6.12. The van der Waals surface area contributed by atoms with Crippen LogP contribution < -0.4 is 15.9 Å². The van der Waals surface area contributed by atoms with E-state index in [-0.39, 0.29) is 17.3 Å². The van der Waals surface area contributed by atoms with Crippen molar-refractivity contribution in [1.29, 1.82) is 0 Å². The Hall–Kier alpha value is -4.19. The highest BCUT2D eigenvalue weighted by molar-refractivity contribution is 7.98. The van der Waals surface area contributed by atoms with Crippen LogP contribution in [0.5, 0.6) is 5.75 Å². The predicted molar refractivity (Wildman–Crippen MR) is 119 cm³/mol. The van der Waals surface area contributed by atoms with Crippen LogP contribution in [0.2, 0.25) is 0 Å². The summed E-state index contributed by atoms with van der Waals surface area (Å²) in [5.74, 6) is 0.116. The molecular weight excluding hydrogens is 432 g/mol. The van der Waals surface area contributed by atoms with E-state index in [4.69, 9.17) is 10.5 Å². The number of hydrogen-bond acceptors (Lipinski definition) is 10. The van der Waals surface area contributed by atoms with E-state index >= 15 is 0 Å². The normalized spacial score (nSPS) is 11.1. The van der Waals surface area contributed by atoms with Gasteiger partial charge in [0.2, 0.25) is 11.6 Å². The maximum atomic E-state index is 12.9. The van der Waals surface area contributed by atoms with Gasteiger partial charge in [0.15, 0.2) is 5.69 Å². The van der Waals surface area contributed by atoms with E-state index in [0.717, 1.165) is 10.5 Å². The number of amides is 1. The highest BCUT2D eigenvalue weighted by Crippen LogP contribution is 2.29. The van der Waals surface area contributed by atoms with Gasteiger partial charge in [-0.05, 0) is 46.4 Å². The largest absolute Gasteiger partial charge is 0.497 e. The summed E-state index contributed by atoms with van der Waals surface area (Å²) < 4.78 is 11.2. The molecule has 2 aromatic carbocycles. The van der Waals surface area contributed by atoms with Crippen LogP contribution in [-0.4, -0.2) is 50.8 Å². The van der Waals surface area contributed by atoms with Crippen molar-refractivity contribution in [2.24, 2.45) is 5.10 Å². The second-order valence-electron chi connectivity index (χ2n) is 6.38. The number of nitrogen functional groups attached to an aromatic ring is 1. The minimum absolute atomic E-state index is 0.00212. The molecule has 32 heavy (non-hydrogen) atoms. The van der Waals surface area contributed by atoms with Crippen LogP contribution in [0.3, 0.4) is 0 Å². The summed E-state index contributed by atoms with van der Waals surface area (Å²) in [4.78, 5) is 14.0. The lowest BCUT2D eigenvalue weighted by Crippen LogP contribution is -2.19. The van der Waals surface area contributed by atoms with Crippen molar-refractivity contribution in [3.05, 3.63) is 59.8 Å². The Balaban J connectivity index is 1.67. The third kappa shape index (κ3) is 4.30. The fourth-order valence-corrected chi connectivity index (χ4v) is 3.27. The highest BCUT2D eigenvalue weighted by atomic mass is 32.2. The molecule has 2 heterocycles. The van der Waals surface area contributed by atoms with Crippen molar-refractivity contribution in [3.8, 4) is 22.8 Å². The van der Waals surface area contributed by atoms with Gasteiger partial charge in [0.25, 0.3) is 5.91 Å². The summed E-state index contributed by atoms with van der Waals surface area (Å²) in [7, 11) is 1.54. The zero-order chi connectivity index (χ0) is 22.5. The number of rotatable bonds is 7. The minimum Gasteiger partial charge on any atom is -0.497 e. The molecule has 0 radical (unpaired) electrons. The Bertz CT molecular complexity index is 1270. The molecule has 0 fully saturated rings. The molecule has 162 valence electrons. The van der Waals surface area contributed by atoms with Gasteiger partial charge < -0.3 is 10.5 Å². The number of aromatic nitrogens is 5. The van der Waals surface area contributed by atoms with Crippen molar-refractivity contribution in [2.75, 3.05) is 19.1 Å². The number of anilines is 1. The standard InChI is InChI=1S/C20H18N8O3S/c1-30-14-5-3-4-13(10-14)17-16(23-27-28(17)19-18(21)25-31-26-19)20(29)24-22-11-12-6-8-15(32-2)9-7-12/h3-11H,1-2H3,(H2,21,25)(H,24,29)/b22-11-. The van der Waals surface area contributed by atoms with E-state index in [1.54, 1.807) is 43.1 Å². The van der Waals surface area contributed by atoms with E-state index in [2.05, 4.69) is 35.8 Å². The molecule has 0 atom stereocenters. The molecule has 12 heteroatoms. The lowest BCUT2D eigenvalue weighted by molar-refractivity contribution is 0.0950. The molecule has 4 rings (SSSR count). The number of carbonyl (C=O) groups excluding carboxylic acids is 1. The first-order valence-corrected chi connectivity index (χ1v) is 10.5. The van der Waals surface area contributed by atoms with Gasteiger partial charge in [-0.15, -0.1) is 16.9 Å². The fourth-order valence-electron chi connectivity index (χ4n) is 2.86. The third-order valence-corrected chi connectivity index (χ3v) is 5.16. The lowest BCUT2D eigenvalue weighted by Gasteiger charge is -2.07. The number of hydrazone groups is 1. The van der Waals surface area contributed by atoms with Gasteiger partial charge in [-0.2, -0.15) is 9.78 Å². The molecule has 3 N–H and O–H groups in total. The molecular formula is C20H18N8O3S. The lowest BCUT2D eigenvalue weighted by atomic mass is 10.1. The Labute approximate surface area is 186 Å². The quantitative estimate of drug-likeness (QED) is 0.246. The van der Waals surface area contributed by atoms with Crippen molar-refractivity contribution in [2.45, 2.75) is 4.90 Å². The average molecular weight is 450 g/mol. The van der Waals surface area contributed by atoms with Crippen LogP contribution in [0.4, 0.5) is 5.82 Å². The van der Waals surface area contributed by atoms with Crippen molar-refractivity contribution >= 4 is 29.7 Å². The number of hydrogen-bond donors (Lipinski definition) is 2. The molecule has 0 saturated heterocycles. The van der Waals surface area contributed by atoms with Gasteiger partial charge >= 0.3 is 0 Å². The van der Waals surface area contributed by atoms with Crippen LogP contribution in [0.1, 0.15) is 16.1 Å². The molecule has 0 saturated carbocycles. The first kappa shape index (κ1) is 21.1. The van der Waals surface area contributed by atoms with Crippen LogP contribution in [0.15, 0.2) is 63.2 Å². The van der Waals surface area contributed by atoms with Crippen molar-refractivity contribution in [1.82, 2.24) is 30.7 Å². The number of ether oxygens (including phenoxy) is 1. The molecule has 11 nitrogen and oxygen atoms in total. The van der Waals surface area contributed by atoms with E-state index in [9.17, 15) is 4.79 Å². The smallest absolute Gasteiger partial charge is 0.294 e. The van der Waals surface area contributed by atoms with E-state index in [0.29, 0.717) is 17.0 Å². The molecule has 0 aliphatic carbocycles. The zero-order valence-electron chi connectivity index (χ0n) is 17.1. The third-order valence-electron chi connectivity index (χ3n) is 4.42. The SMILES string of the molecule is COc1cccc(-c2c(C(=O)N/N=C\c3ccc(SC)cc3)nnn2-c2nonc2N)c1. The maximum Gasteiger partial charge on any atom is 0.294 e. The van der Waals surface area contributed by atoms with Gasteiger partial charge in [0.05, 0.1) is 13.3 Å². The average Bonchev–Trinajstić information content (AvgIpc) is 3.45. The number of nitrogens with two attached hydrogens (primary N) is 1. The van der Waals surface area contributed by atoms with E-state index < -0.39 is 5.91 Å². The van der Waals surface area contributed by atoms with Gasteiger partial charge in [-0.25, -0.2) is 10.1 Å². The number of nitrogens with zero attached hydrogens (tertiary/aromatic N) is 6. The second-order valence-corrected chi connectivity index (χ2v) is 7.26. The number of carbonyl (C=O) groups is 1. The maximum absolute atomic E-state index is 12.9. The molecule has 2 aromatic heterocycles. The molecule has 0 bridgehead atoms. The molecule has 0 aliphatic heterocycles. The minimum atomic E-state index is -0.568. The summed E-state index contributed by atoms with van der Waals surface area (Å²) >= 11 is 1.64. The Morgan fingerprint density at radius 2 is 2.06 bits per heavy atom. The zero-order valence-corrected chi connectivity index (χ0v) is 17.9. The molecule has 1 amide bonds.